The molecule has 0 aliphatic rings. The maximum absolute atomic E-state index is 11.0. The Labute approximate surface area is 71.4 Å². The molecule has 2 N–H and O–H groups in total. The summed E-state index contributed by atoms with van der Waals surface area (Å²) < 4.78 is 4.63. The van der Waals surface area contributed by atoms with Crippen molar-refractivity contribution in [1.29, 1.82) is 0 Å². The second kappa shape index (κ2) is 4.54. The van der Waals surface area contributed by atoms with Gasteiger partial charge in [0.2, 0.25) is 0 Å². The first-order chi connectivity index (χ1) is 5.50. The van der Waals surface area contributed by atoms with Crippen LogP contribution < -0.4 is 5.73 Å². The summed E-state index contributed by atoms with van der Waals surface area (Å²) in [6, 6.07) is 0. The van der Waals surface area contributed by atoms with Gasteiger partial charge in [0.1, 0.15) is 5.57 Å². The maximum atomic E-state index is 11.0. The molecular weight excluding hydrogens is 158 g/mol. The van der Waals surface area contributed by atoms with E-state index in [2.05, 4.69) is 4.74 Å². The van der Waals surface area contributed by atoms with E-state index in [-0.39, 0.29) is 12.2 Å². The Morgan fingerprint density at radius 3 is 2.08 bits per heavy atom. The van der Waals surface area contributed by atoms with Crippen molar-refractivity contribution in [3.8, 4) is 0 Å². The standard InChI is InChI=1S/C8H13NO3/c1-4-12-8(11)6(5(2)3)7(9)10/h4H2,1-3H3,(H2,9,10). The minimum atomic E-state index is -0.742. The fourth-order valence-electron chi connectivity index (χ4n) is 0.754. The maximum Gasteiger partial charge on any atom is 0.343 e. The lowest BCUT2D eigenvalue weighted by Gasteiger charge is -2.04. The lowest BCUT2D eigenvalue weighted by atomic mass is 10.1. The third-order valence-corrected chi connectivity index (χ3v) is 1.23. The van der Waals surface area contributed by atoms with Gasteiger partial charge < -0.3 is 10.5 Å². The smallest absolute Gasteiger partial charge is 0.343 e. The second-order valence-electron chi connectivity index (χ2n) is 2.46. The van der Waals surface area contributed by atoms with Crippen molar-refractivity contribution in [1.82, 2.24) is 0 Å². The van der Waals surface area contributed by atoms with Gasteiger partial charge in [-0.1, -0.05) is 5.57 Å². The van der Waals surface area contributed by atoms with Gasteiger partial charge in [-0.25, -0.2) is 4.79 Å². The van der Waals surface area contributed by atoms with Gasteiger partial charge in [0, 0.05) is 0 Å². The average molecular weight is 171 g/mol. The Balaban J connectivity index is 4.67. The summed E-state index contributed by atoms with van der Waals surface area (Å²) in [5, 5.41) is 0. The number of allylic oxidation sites excluding steroid dienone is 1. The molecule has 68 valence electrons. The molecule has 4 heteroatoms. The highest BCUT2D eigenvalue weighted by molar-refractivity contribution is 6.16. The fourth-order valence-corrected chi connectivity index (χ4v) is 0.754. The first-order valence-corrected chi connectivity index (χ1v) is 3.65. The van der Waals surface area contributed by atoms with Crippen LogP contribution in [0.25, 0.3) is 0 Å². The number of hydrogen-bond donors (Lipinski definition) is 1. The fraction of sp³-hybridized carbons (Fsp3) is 0.500. The zero-order valence-corrected chi connectivity index (χ0v) is 7.51. The average Bonchev–Trinajstić information content (AvgIpc) is 1.85. The van der Waals surface area contributed by atoms with E-state index in [4.69, 9.17) is 5.73 Å². The lowest BCUT2D eigenvalue weighted by Crippen LogP contribution is -2.23. The Kier molecular flexibility index (Phi) is 4.04. The molecule has 12 heavy (non-hydrogen) atoms. The SMILES string of the molecule is CCOC(=O)C(C(N)=O)=C(C)C. The molecule has 4 nitrogen and oxygen atoms in total. The number of hydrogen-bond acceptors (Lipinski definition) is 3. The van der Waals surface area contributed by atoms with Gasteiger partial charge in [0.05, 0.1) is 6.61 Å². The number of primary amides is 1. The topological polar surface area (TPSA) is 69.4 Å². The Morgan fingerprint density at radius 1 is 1.33 bits per heavy atom. The van der Waals surface area contributed by atoms with Gasteiger partial charge in [-0.3, -0.25) is 4.79 Å². The van der Waals surface area contributed by atoms with E-state index in [0.717, 1.165) is 0 Å². The molecule has 0 fully saturated rings. The highest BCUT2D eigenvalue weighted by Crippen LogP contribution is 2.04. The first-order valence-electron chi connectivity index (χ1n) is 3.65. The van der Waals surface area contributed by atoms with E-state index in [9.17, 15) is 9.59 Å². The molecule has 0 aliphatic carbocycles. The number of carbonyl (C=O) groups is 2. The van der Waals surface area contributed by atoms with Crippen LogP contribution in [-0.4, -0.2) is 18.5 Å². The van der Waals surface area contributed by atoms with Crippen LogP contribution in [0.15, 0.2) is 11.1 Å². The largest absolute Gasteiger partial charge is 0.462 e. The minimum absolute atomic E-state index is 0.0585. The van der Waals surface area contributed by atoms with E-state index < -0.39 is 11.9 Å². The van der Waals surface area contributed by atoms with Crippen LogP contribution in [0.3, 0.4) is 0 Å². The van der Waals surface area contributed by atoms with Crippen molar-refractivity contribution in [2.24, 2.45) is 5.73 Å². The zero-order chi connectivity index (χ0) is 9.72. The molecule has 0 aromatic rings. The summed E-state index contributed by atoms with van der Waals surface area (Å²) in [6.07, 6.45) is 0. The van der Waals surface area contributed by atoms with Crippen LogP contribution in [0.2, 0.25) is 0 Å². The van der Waals surface area contributed by atoms with Crippen molar-refractivity contribution < 1.29 is 14.3 Å². The molecule has 0 unspecified atom stereocenters. The van der Waals surface area contributed by atoms with Crippen molar-refractivity contribution in [2.75, 3.05) is 6.61 Å². The molecule has 0 atom stereocenters. The Bertz CT molecular complexity index is 226. The molecule has 0 spiro atoms. The molecule has 0 radical (unpaired) electrons. The van der Waals surface area contributed by atoms with Crippen molar-refractivity contribution in [3.63, 3.8) is 0 Å². The molecule has 0 rings (SSSR count). The third-order valence-electron chi connectivity index (χ3n) is 1.23. The lowest BCUT2D eigenvalue weighted by molar-refractivity contribution is -0.140. The summed E-state index contributed by atoms with van der Waals surface area (Å²) in [5.74, 6) is -1.39. The van der Waals surface area contributed by atoms with Crippen LogP contribution in [0.5, 0.6) is 0 Å². The predicted octanol–water partition coefficient (Wildman–Crippen LogP) is 0.371. The van der Waals surface area contributed by atoms with Gasteiger partial charge >= 0.3 is 5.97 Å². The summed E-state index contributed by atoms with van der Waals surface area (Å²) in [4.78, 5) is 21.8. The molecule has 0 saturated carbocycles. The molecule has 0 bridgehead atoms. The van der Waals surface area contributed by atoms with E-state index in [1.54, 1.807) is 20.8 Å². The predicted molar refractivity (Wildman–Crippen MR) is 44.2 cm³/mol. The number of nitrogens with two attached hydrogens (primary N) is 1. The highest BCUT2D eigenvalue weighted by Gasteiger charge is 2.17. The van der Waals surface area contributed by atoms with Gasteiger partial charge in [-0.15, -0.1) is 0 Å². The number of rotatable bonds is 3. The quantitative estimate of drug-likeness (QED) is 0.288. The summed E-state index contributed by atoms with van der Waals surface area (Å²) in [6.45, 7) is 5.18. The van der Waals surface area contributed by atoms with Gasteiger partial charge in [-0.05, 0) is 20.8 Å². The van der Waals surface area contributed by atoms with Crippen molar-refractivity contribution >= 4 is 11.9 Å². The normalized spacial score (nSPS) is 8.92. The number of carbonyl (C=O) groups excluding carboxylic acids is 2. The van der Waals surface area contributed by atoms with E-state index >= 15 is 0 Å². The number of ether oxygens (including phenoxy) is 1. The first kappa shape index (κ1) is 10.7. The third kappa shape index (κ3) is 2.74. The highest BCUT2D eigenvalue weighted by atomic mass is 16.5. The van der Waals surface area contributed by atoms with Gasteiger partial charge in [0.25, 0.3) is 5.91 Å². The van der Waals surface area contributed by atoms with Crippen molar-refractivity contribution in [3.05, 3.63) is 11.1 Å². The number of amides is 1. The van der Waals surface area contributed by atoms with Crippen LogP contribution in [0.4, 0.5) is 0 Å². The van der Waals surface area contributed by atoms with E-state index in [1.165, 1.54) is 0 Å². The number of esters is 1. The minimum Gasteiger partial charge on any atom is -0.462 e. The van der Waals surface area contributed by atoms with Gasteiger partial charge in [0.15, 0.2) is 0 Å². The van der Waals surface area contributed by atoms with Gasteiger partial charge in [-0.2, -0.15) is 0 Å². The molecule has 0 saturated heterocycles. The summed E-state index contributed by atoms with van der Waals surface area (Å²) in [7, 11) is 0. The molecule has 1 amide bonds. The molecule has 0 aliphatic heterocycles. The molecule has 0 aromatic heterocycles. The summed E-state index contributed by atoms with van der Waals surface area (Å²) in [5.41, 5.74) is 5.48. The molecule has 0 aromatic carbocycles. The van der Waals surface area contributed by atoms with Crippen molar-refractivity contribution in [2.45, 2.75) is 20.8 Å². The van der Waals surface area contributed by atoms with Crippen LogP contribution in [0.1, 0.15) is 20.8 Å². The summed E-state index contributed by atoms with van der Waals surface area (Å²) >= 11 is 0. The zero-order valence-electron chi connectivity index (χ0n) is 7.51. The second-order valence-corrected chi connectivity index (χ2v) is 2.46. The van der Waals surface area contributed by atoms with Crippen LogP contribution in [0, 0.1) is 0 Å². The van der Waals surface area contributed by atoms with Crippen LogP contribution >= 0.6 is 0 Å². The van der Waals surface area contributed by atoms with Crippen LogP contribution in [-0.2, 0) is 14.3 Å². The molecule has 0 heterocycles. The van der Waals surface area contributed by atoms with E-state index in [0.29, 0.717) is 5.57 Å². The Morgan fingerprint density at radius 2 is 1.83 bits per heavy atom. The monoisotopic (exact) mass is 171 g/mol. The molecular formula is C8H13NO3. The van der Waals surface area contributed by atoms with E-state index in [1.807, 2.05) is 0 Å². The Hall–Kier alpha value is -1.32.